The van der Waals surface area contributed by atoms with Crippen LogP contribution in [0.4, 0.5) is 0 Å². The summed E-state index contributed by atoms with van der Waals surface area (Å²) in [5.41, 5.74) is 4.04. The van der Waals surface area contributed by atoms with Crippen LogP contribution in [0, 0.1) is 6.92 Å². The molecule has 0 aliphatic rings. The normalized spacial score (nSPS) is 11.3. The van der Waals surface area contributed by atoms with Gasteiger partial charge in [0, 0.05) is 12.1 Å². The van der Waals surface area contributed by atoms with Crippen molar-refractivity contribution < 1.29 is 0 Å². The first-order valence-corrected chi connectivity index (χ1v) is 7.08. The summed E-state index contributed by atoms with van der Waals surface area (Å²) in [7, 11) is 0. The molecule has 2 heterocycles. The Morgan fingerprint density at radius 3 is 2.67 bits per heavy atom. The van der Waals surface area contributed by atoms with Crippen molar-refractivity contribution in [1.29, 1.82) is 0 Å². The molecule has 0 fully saturated rings. The van der Waals surface area contributed by atoms with Crippen LogP contribution < -0.4 is 0 Å². The van der Waals surface area contributed by atoms with Crippen LogP contribution in [0.5, 0.6) is 0 Å². The molecule has 2 aromatic carbocycles. The van der Waals surface area contributed by atoms with Crippen molar-refractivity contribution in [1.82, 2.24) is 15.0 Å². The Labute approximate surface area is 122 Å². The van der Waals surface area contributed by atoms with E-state index in [-0.39, 0.29) is 0 Å². The van der Waals surface area contributed by atoms with Crippen molar-refractivity contribution in [2.45, 2.75) is 13.3 Å². The van der Waals surface area contributed by atoms with Crippen molar-refractivity contribution in [2.75, 3.05) is 0 Å². The minimum atomic E-state index is 0.792. The molecule has 102 valence electrons. The van der Waals surface area contributed by atoms with Gasteiger partial charge in [0.2, 0.25) is 0 Å². The van der Waals surface area contributed by atoms with Crippen LogP contribution in [0.25, 0.3) is 21.9 Å². The van der Waals surface area contributed by atoms with Crippen LogP contribution in [-0.2, 0) is 6.42 Å². The number of benzene rings is 2. The van der Waals surface area contributed by atoms with E-state index in [9.17, 15) is 0 Å². The second-order valence-corrected chi connectivity index (χ2v) is 5.37. The summed E-state index contributed by atoms with van der Waals surface area (Å²) in [5, 5.41) is 2.53. The van der Waals surface area contributed by atoms with Crippen LogP contribution in [0.2, 0.25) is 0 Å². The van der Waals surface area contributed by atoms with Gasteiger partial charge in [-0.25, -0.2) is 9.97 Å². The molecule has 0 spiro atoms. The van der Waals surface area contributed by atoms with Gasteiger partial charge in [0.25, 0.3) is 0 Å². The van der Waals surface area contributed by atoms with Crippen molar-refractivity contribution in [3.8, 4) is 0 Å². The molecule has 4 aromatic rings. The van der Waals surface area contributed by atoms with Crippen molar-refractivity contribution in [2.24, 2.45) is 0 Å². The third-order valence-corrected chi connectivity index (χ3v) is 3.72. The molecule has 3 nitrogen and oxygen atoms in total. The fourth-order valence-electron chi connectivity index (χ4n) is 2.66. The fraction of sp³-hybridized carbons (Fsp3) is 0.111. The molecule has 0 saturated carbocycles. The van der Waals surface area contributed by atoms with Crippen molar-refractivity contribution in [3.63, 3.8) is 0 Å². The molecule has 0 bridgehead atoms. The first-order valence-electron chi connectivity index (χ1n) is 7.08. The highest BCUT2D eigenvalue weighted by Crippen LogP contribution is 2.18. The van der Waals surface area contributed by atoms with Crippen LogP contribution >= 0.6 is 0 Å². The SMILES string of the molecule is Cc1ccc2[nH]c(Cc3ccc4ccccc4c3)nc2n1. The highest BCUT2D eigenvalue weighted by atomic mass is 15.0. The predicted octanol–water partition coefficient (Wildman–Crippen LogP) is 4.01. The number of aryl methyl sites for hydroxylation is 1. The van der Waals surface area contributed by atoms with Crippen molar-refractivity contribution >= 4 is 21.9 Å². The first-order chi connectivity index (χ1) is 10.3. The van der Waals surface area contributed by atoms with Crippen LogP contribution in [0.3, 0.4) is 0 Å². The largest absolute Gasteiger partial charge is 0.340 e. The van der Waals surface area contributed by atoms with E-state index in [2.05, 4.69) is 57.4 Å². The van der Waals surface area contributed by atoms with Crippen molar-refractivity contribution in [3.05, 3.63) is 71.7 Å². The fourth-order valence-corrected chi connectivity index (χ4v) is 2.66. The monoisotopic (exact) mass is 273 g/mol. The maximum absolute atomic E-state index is 4.58. The molecule has 1 N–H and O–H groups in total. The van der Waals surface area contributed by atoms with Gasteiger partial charge in [0.1, 0.15) is 5.82 Å². The zero-order valence-corrected chi connectivity index (χ0v) is 11.8. The van der Waals surface area contributed by atoms with E-state index in [1.54, 1.807) is 0 Å². The molecule has 0 unspecified atom stereocenters. The number of rotatable bonds is 2. The summed E-state index contributed by atoms with van der Waals surface area (Å²) in [6, 6.07) is 19.0. The molecule has 3 heteroatoms. The van der Waals surface area contributed by atoms with Crippen LogP contribution in [0.15, 0.2) is 54.6 Å². The molecule has 0 aliphatic heterocycles. The summed E-state index contributed by atoms with van der Waals surface area (Å²) >= 11 is 0. The Kier molecular flexibility index (Phi) is 2.71. The lowest BCUT2D eigenvalue weighted by Gasteiger charge is -2.01. The van der Waals surface area contributed by atoms with E-state index >= 15 is 0 Å². The van der Waals surface area contributed by atoms with E-state index in [1.807, 2.05) is 19.1 Å². The maximum atomic E-state index is 4.58. The van der Waals surface area contributed by atoms with Gasteiger partial charge >= 0.3 is 0 Å². The van der Waals surface area contributed by atoms with Crippen LogP contribution in [-0.4, -0.2) is 15.0 Å². The Morgan fingerprint density at radius 2 is 1.76 bits per heavy atom. The molecular weight excluding hydrogens is 258 g/mol. The van der Waals surface area contributed by atoms with Gasteiger partial charge < -0.3 is 4.98 Å². The van der Waals surface area contributed by atoms with Gasteiger partial charge in [-0.1, -0.05) is 42.5 Å². The molecule has 4 rings (SSSR count). The van der Waals surface area contributed by atoms with E-state index < -0.39 is 0 Å². The average molecular weight is 273 g/mol. The molecular formula is C18H15N3. The molecule has 0 amide bonds. The summed E-state index contributed by atoms with van der Waals surface area (Å²) in [6.07, 6.45) is 0.792. The quantitative estimate of drug-likeness (QED) is 0.599. The molecule has 0 radical (unpaired) electrons. The van der Waals surface area contributed by atoms with E-state index in [0.29, 0.717) is 0 Å². The van der Waals surface area contributed by atoms with Gasteiger partial charge in [-0.2, -0.15) is 0 Å². The summed E-state index contributed by atoms with van der Waals surface area (Å²) < 4.78 is 0. The van der Waals surface area contributed by atoms with Gasteiger partial charge in [0.15, 0.2) is 5.65 Å². The minimum absolute atomic E-state index is 0.792. The Hall–Kier alpha value is -2.68. The summed E-state index contributed by atoms with van der Waals surface area (Å²) in [5.74, 6) is 0.957. The lowest BCUT2D eigenvalue weighted by atomic mass is 10.1. The number of aromatic amines is 1. The molecule has 0 saturated heterocycles. The number of nitrogens with zero attached hydrogens (tertiary/aromatic N) is 2. The number of nitrogens with one attached hydrogen (secondary N) is 1. The molecule has 0 aliphatic carbocycles. The van der Waals surface area contributed by atoms with E-state index in [4.69, 9.17) is 0 Å². The van der Waals surface area contributed by atoms with E-state index in [1.165, 1.54) is 16.3 Å². The lowest BCUT2D eigenvalue weighted by molar-refractivity contribution is 1.04. The van der Waals surface area contributed by atoms with Gasteiger partial charge in [-0.15, -0.1) is 0 Å². The number of H-pyrrole nitrogens is 1. The second kappa shape index (κ2) is 4.70. The molecule has 0 atom stereocenters. The summed E-state index contributed by atoms with van der Waals surface area (Å²) in [6.45, 7) is 1.98. The zero-order valence-electron chi connectivity index (χ0n) is 11.8. The minimum Gasteiger partial charge on any atom is -0.340 e. The van der Waals surface area contributed by atoms with Crippen LogP contribution in [0.1, 0.15) is 17.1 Å². The Balaban J connectivity index is 1.71. The standard InChI is InChI=1S/C18H15N3/c1-12-6-9-16-18(19-12)21-17(20-16)11-13-7-8-14-4-2-3-5-15(14)10-13/h2-10H,11H2,1H3,(H,19,20,21). The van der Waals surface area contributed by atoms with Gasteiger partial charge in [-0.05, 0) is 35.4 Å². The molecule has 2 aromatic heterocycles. The lowest BCUT2D eigenvalue weighted by Crippen LogP contribution is -1.90. The number of imidazole rings is 1. The second-order valence-electron chi connectivity index (χ2n) is 5.37. The predicted molar refractivity (Wildman–Crippen MR) is 85.4 cm³/mol. The Morgan fingerprint density at radius 1 is 0.905 bits per heavy atom. The highest BCUT2D eigenvalue weighted by molar-refractivity contribution is 5.83. The maximum Gasteiger partial charge on any atom is 0.177 e. The smallest absolute Gasteiger partial charge is 0.177 e. The van der Waals surface area contributed by atoms with E-state index in [0.717, 1.165) is 29.1 Å². The number of pyridine rings is 1. The molecule has 21 heavy (non-hydrogen) atoms. The first kappa shape index (κ1) is 12.1. The number of aromatic nitrogens is 3. The number of hydrogen-bond donors (Lipinski definition) is 1. The van der Waals surface area contributed by atoms with Gasteiger partial charge in [0.05, 0.1) is 5.52 Å². The summed E-state index contributed by atoms with van der Waals surface area (Å²) in [4.78, 5) is 12.4. The topological polar surface area (TPSA) is 41.6 Å². The average Bonchev–Trinajstić information content (AvgIpc) is 2.88. The van der Waals surface area contributed by atoms with Gasteiger partial charge in [-0.3, -0.25) is 0 Å². The third-order valence-electron chi connectivity index (χ3n) is 3.72. The number of fused-ring (bicyclic) bond motifs is 2. The Bertz CT molecular complexity index is 937. The highest BCUT2D eigenvalue weighted by Gasteiger charge is 2.05. The zero-order chi connectivity index (χ0) is 14.2. The third kappa shape index (κ3) is 2.27. The number of hydrogen-bond acceptors (Lipinski definition) is 2.